The molecule has 0 N–H and O–H groups in total. The topological polar surface area (TPSA) is 35.5 Å². The van der Waals surface area contributed by atoms with Gasteiger partial charge in [-0.15, -0.1) is 0 Å². The number of hydrogen-bond donors (Lipinski definition) is 0. The van der Waals surface area contributed by atoms with Crippen molar-refractivity contribution in [3.8, 4) is 11.5 Å². The third-order valence-corrected chi connectivity index (χ3v) is 4.08. The molecule has 1 aromatic carbocycles. The molecule has 1 aromatic rings. The van der Waals surface area contributed by atoms with Gasteiger partial charge in [0.25, 0.3) is 0 Å². The summed E-state index contributed by atoms with van der Waals surface area (Å²) in [5.41, 5.74) is 0.615. The zero-order valence-electron chi connectivity index (χ0n) is 14.8. The van der Waals surface area contributed by atoms with Gasteiger partial charge in [-0.1, -0.05) is 64.7 Å². The van der Waals surface area contributed by atoms with E-state index in [2.05, 4.69) is 6.92 Å². The maximum absolute atomic E-state index is 10.8. The van der Waals surface area contributed by atoms with Gasteiger partial charge < -0.3 is 9.47 Å². The molecule has 3 heteroatoms. The molecule has 0 unspecified atom stereocenters. The van der Waals surface area contributed by atoms with Crippen LogP contribution in [0.3, 0.4) is 0 Å². The minimum atomic E-state index is 0.615. The Kier molecular flexibility index (Phi) is 11.0. The monoisotopic (exact) mass is 320 g/mol. The van der Waals surface area contributed by atoms with Crippen molar-refractivity contribution in [1.82, 2.24) is 0 Å². The normalized spacial score (nSPS) is 10.5. The molecule has 23 heavy (non-hydrogen) atoms. The number of ether oxygens (including phenoxy) is 2. The molecule has 0 aliphatic heterocycles. The molecular weight excluding hydrogens is 288 g/mol. The standard InChI is InChI=1S/C20H32O3/c1-3-4-5-6-7-8-9-10-11-12-15-23-20-16-18(17-21)13-14-19(20)22-2/h13-14,16-17H,3-12,15H2,1-2H3. The summed E-state index contributed by atoms with van der Waals surface area (Å²) in [4.78, 5) is 10.8. The third kappa shape index (κ3) is 8.63. The Labute approximate surface area is 141 Å². The lowest BCUT2D eigenvalue weighted by Gasteiger charge is -2.11. The van der Waals surface area contributed by atoms with E-state index in [4.69, 9.17) is 9.47 Å². The van der Waals surface area contributed by atoms with Crippen LogP contribution in [-0.2, 0) is 0 Å². The fraction of sp³-hybridized carbons (Fsp3) is 0.650. The number of benzene rings is 1. The SMILES string of the molecule is CCCCCCCCCCCCOc1cc(C=O)ccc1OC. The molecule has 0 amide bonds. The number of unbranched alkanes of at least 4 members (excludes halogenated alkanes) is 9. The van der Waals surface area contributed by atoms with Crippen molar-refractivity contribution < 1.29 is 14.3 Å². The summed E-state index contributed by atoms with van der Waals surface area (Å²) in [6.45, 7) is 2.93. The average molecular weight is 320 g/mol. The van der Waals surface area contributed by atoms with Crippen LogP contribution in [0.4, 0.5) is 0 Å². The number of aldehydes is 1. The van der Waals surface area contributed by atoms with Crippen molar-refractivity contribution in [2.24, 2.45) is 0 Å². The van der Waals surface area contributed by atoms with E-state index in [9.17, 15) is 4.79 Å². The lowest BCUT2D eigenvalue weighted by Crippen LogP contribution is -2.00. The third-order valence-electron chi connectivity index (χ3n) is 4.08. The van der Waals surface area contributed by atoms with Crippen LogP contribution in [0, 0.1) is 0 Å². The van der Waals surface area contributed by atoms with E-state index >= 15 is 0 Å². The molecular formula is C20H32O3. The van der Waals surface area contributed by atoms with Gasteiger partial charge >= 0.3 is 0 Å². The summed E-state index contributed by atoms with van der Waals surface area (Å²) in [7, 11) is 1.61. The highest BCUT2D eigenvalue weighted by atomic mass is 16.5. The zero-order chi connectivity index (χ0) is 16.8. The van der Waals surface area contributed by atoms with E-state index < -0.39 is 0 Å². The van der Waals surface area contributed by atoms with Crippen molar-refractivity contribution >= 4 is 6.29 Å². The van der Waals surface area contributed by atoms with Crippen molar-refractivity contribution in [2.75, 3.05) is 13.7 Å². The fourth-order valence-corrected chi connectivity index (χ4v) is 2.65. The minimum Gasteiger partial charge on any atom is -0.493 e. The second kappa shape index (κ2) is 13.0. The van der Waals surface area contributed by atoms with Crippen LogP contribution < -0.4 is 9.47 Å². The molecule has 130 valence electrons. The van der Waals surface area contributed by atoms with Crippen LogP contribution in [-0.4, -0.2) is 20.0 Å². The second-order valence-corrected chi connectivity index (χ2v) is 6.06. The smallest absolute Gasteiger partial charge is 0.161 e. The first-order valence-corrected chi connectivity index (χ1v) is 9.07. The summed E-state index contributed by atoms with van der Waals surface area (Å²) >= 11 is 0. The lowest BCUT2D eigenvalue weighted by atomic mass is 10.1. The van der Waals surface area contributed by atoms with Gasteiger partial charge in [0.05, 0.1) is 13.7 Å². The predicted octanol–water partition coefficient (Wildman–Crippen LogP) is 5.81. The van der Waals surface area contributed by atoms with Gasteiger partial charge in [0, 0.05) is 5.56 Å². The van der Waals surface area contributed by atoms with Crippen molar-refractivity contribution in [2.45, 2.75) is 71.1 Å². The Morgan fingerprint density at radius 2 is 1.48 bits per heavy atom. The molecule has 0 bridgehead atoms. The molecule has 0 radical (unpaired) electrons. The predicted molar refractivity (Wildman–Crippen MR) is 95.7 cm³/mol. The highest BCUT2D eigenvalue weighted by Gasteiger charge is 2.05. The molecule has 0 heterocycles. The van der Waals surface area contributed by atoms with Gasteiger partial charge in [-0.05, 0) is 24.6 Å². The van der Waals surface area contributed by atoms with E-state index in [1.54, 1.807) is 25.3 Å². The molecule has 0 fully saturated rings. The number of carbonyl (C=O) groups is 1. The van der Waals surface area contributed by atoms with Crippen molar-refractivity contribution in [1.29, 1.82) is 0 Å². The Bertz CT molecular complexity index is 429. The molecule has 0 aliphatic carbocycles. The van der Waals surface area contributed by atoms with Crippen LogP contribution in [0.5, 0.6) is 11.5 Å². The average Bonchev–Trinajstić information content (AvgIpc) is 2.59. The van der Waals surface area contributed by atoms with Gasteiger partial charge in [-0.3, -0.25) is 4.79 Å². The van der Waals surface area contributed by atoms with Gasteiger partial charge in [0.1, 0.15) is 6.29 Å². The summed E-state index contributed by atoms with van der Waals surface area (Å²) in [5, 5.41) is 0. The maximum atomic E-state index is 10.8. The highest BCUT2D eigenvalue weighted by molar-refractivity contribution is 5.76. The first-order valence-electron chi connectivity index (χ1n) is 9.07. The second-order valence-electron chi connectivity index (χ2n) is 6.06. The van der Waals surface area contributed by atoms with Gasteiger partial charge in [-0.2, -0.15) is 0 Å². The van der Waals surface area contributed by atoms with E-state index in [-0.39, 0.29) is 0 Å². The molecule has 0 aromatic heterocycles. The number of rotatable bonds is 14. The van der Waals surface area contributed by atoms with Gasteiger partial charge in [0.2, 0.25) is 0 Å². The fourth-order valence-electron chi connectivity index (χ4n) is 2.65. The largest absolute Gasteiger partial charge is 0.493 e. The van der Waals surface area contributed by atoms with Crippen LogP contribution in [0.15, 0.2) is 18.2 Å². The Morgan fingerprint density at radius 3 is 2.04 bits per heavy atom. The minimum absolute atomic E-state index is 0.615. The molecule has 0 aliphatic rings. The maximum Gasteiger partial charge on any atom is 0.161 e. The molecule has 0 spiro atoms. The Hall–Kier alpha value is -1.51. The number of hydrogen-bond acceptors (Lipinski definition) is 3. The molecule has 3 nitrogen and oxygen atoms in total. The highest BCUT2D eigenvalue weighted by Crippen LogP contribution is 2.27. The Morgan fingerprint density at radius 1 is 0.870 bits per heavy atom. The van der Waals surface area contributed by atoms with Gasteiger partial charge in [0.15, 0.2) is 11.5 Å². The van der Waals surface area contributed by atoms with Crippen molar-refractivity contribution in [3.05, 3.63) is 23.8 Å². The van der Waals surface area contributed by atoms with Crippen molar-refractivity contribution in [3.63, 3.8) is 0 Å². The summed E-state index contributed by atoms with van der Waals surface area (Å²) in [5.74, 6) is 1.34. The van der Waals surface area contributed by atoms with Crippen LogP contribution in [0.25, 0.3) is 0 Å². The Balaban J connectivity index is 2.08. The quantitative estimate of drug-likeness (QED) is 0.320. The molecule has 0 saturated heterocycles. The van der Waals surface area contributed by atoms with E-state index in [0.717, 1.165) is 12.7 Å². The summed E-state index contributed by atoms with van der Waals surface area (Å²) in [6, 6.07) is 5.25. The first-order chi connectivity index (χ1) is 11.3. The van der Waals surface area contributed by atoms with E-state index in [1.807, 2.05) is 0 Å². The first kappa shape index (κ1) is 19.5. The lowest BCUT2D eigenvalue weighted by molar-refractivity contribution is 0.112. The number of methoxy groups -OCH3 is 1. The zero-order valence-corrected chi connectivity index (χ0v) is 14.8. The van der Waals surface area contributed by atoms with Gasteiger partial charge in [-0.25, -0.2) is 0 Å². The van der Waals surface area contributed by atoms with E-state index in [1.165, 1.54) is 57.8 Å². The molecule has 1 rings (SSSR count). The van der Waals surface area contributed by atoms with Crippen LogP contribution >= 0.6 is 0 Å². The van der Waals surface area contributed by atoms with Crippen LogP contribution in [0.2, 0.25) is 0 Å². The number of carbonyl (C=O) groups excluding carboxylic acids is 1. The summed E-state index contributed by atoms with van der Waals surface area (Å²) < 4.78 is 11.0. The molecule has 0 saturated carbocycles. The van der Waals surface area contributed by atoms with E-state index in [0.29, 0.717) is 23.7 Å². The molecule has 0 atom stereocenters. The summed E-state index contributed by atoms with van der Waals surface area (Å²) in [6.07, 6.45) is 13.9. The van der Waals surface area contributed by atoms with Crippen LogP contribution in [0.1, 0.15) is 81.5 Å².